The van der Waals surface area contributed by atoms with Crippen molar-refractivity contribution in [1.82, 2.24) is 14.9 Å². The van der Waals surface area contributed by atoms with Crippen LogP contribution in [-0.4, -0.2) is 49.2 Å². The van der Waals surface area contributed by atoms with E-state index in [0.717, 1.165) is 47.7 Å². The summed E-state index contributed by atoms with van der Waals surface area (Å²) in [6, 6.07) is 0. The van der Waals surface area contributed by atoms with E-state index in [2.05, 4.69) is 43.0 Å². The minimum absolute atomic E-state index is 0.485. The molecular formula is C13H23BrN4O. The second kappa shape index (κ2) is 8.45. The summed E-state index contributed by atoms with van der Waals surface area (Å²) in [7, 11) is 5.77. The molecule has 0 aliphatic carbocycles. The summed E-state index contributed by atoms with van der Waals surface area (Å²) in [6.07, 6.45) is 1.89. The van der Waals surface area contributed by atoms with Gasteiger partial charge in [0.1, 0.15) is 11.6 Å². The zero-order chi connectivity index (χ0) is 14.3. The lowest BCUT2D eigenvalue weighted by Crippen LogP contribution is -2.18. The summed E-state index contributed by atoms with van der Waals surface area (Å²) in [5.41, 5.74) is 0.893. The molecule has 0 fully saturated rings. The van der Waals surface area contributed by atoms with Gasteiger partial charge in [0.25, 0.3) is 0 Å². The minimum atomic E-state index is 0.485. The number of hydrogen-bond acceptors (Lipinski definition) is 5. The van der Waals surface area contributed by atoms with Gasteiger partial charge in [-0.05, 0) is 36.4 Å². The van der Waals surface area contributed by atoms with E-state index in [1.54, 1.807) is 7.11 Å². The first-order valence-corrected chi connectivity index (χ1v) is 7.30. The molecule has 0 saturated heterocycles. The molecule has 0 bridgehead atoms. The summed E-state index contributed by atoms with van der Waals surface area (Å²) in [6.45, 7) is 4.44. The third kappa shape index (κ3) is 5.42. The molecule has 1 rings (SSSR count). The van der Waals surface area contributed by atoms with Gasteiger partial charge in [0.15, 0.2) is 0 Å². The third-order valence-electron chi connectivity index (χ3n) is 2.57. The topological polar surface area (TPSA) is 50.3 Å². The molecule has 0 unspecified atom stereocenters. The highest BCUT2D eigenvalue weighted by atomic mass is 79.9. The number of methoxy groups -OCH3 is 1. The Hall–Kier alpha value is -0.720. The Labute approximate surface area is 123 Å². The predicted molar refractivity (Wildman–Crippen MR) is 81.5 cm³/mol. The molecule has 5 nitrogen and oxygen atoms in total. The molecule has 0 aliphatic rings. The second-order valence-corrected chi connectivity index (χ2v) is 5.46. The van der Waals surface area contributed by atoms with E-state index in [1.807, 2.05) is 14.1 Å². The fourth-order valence-electron chi connectivity index (χ4n) is 1.57. The van der Waals surface area contributed by atoms with E-state index < -0.39 is 0 Å². The molecule has 0 radical (unpaired) electrons. The molecular weight excluding hydrogens is 308 g/mol. The van der Waals surface area contributed by atoms with Gasteiger partial charge >= 0.3 is 0 Å². The van der Waals surface area contributed by atoms with Crippen molar-refractivity contribution in [1.29, 1.82) is 0 Å². The zero-order valence-corrected chi connectivity index (χ0v) is 13.7. The van der Waals surface area contributed by atoms with E-state index in [-0.39, 0.29) is 0 Å². The standard InChI is InChI=1S/C13H23BrN4O/c1-5-7-15-13-12(14)10(9-19-4)16-11(17-13)6-8-18(2)3/h5-9H2,1-4H3,(H,15,16,17). The van der Waals surface area contributed by atoms with E-state index in [0.29, 0.717) is 6.61 Å². The Morgan fingerprint density at radius 2 is 2.05 bits per heavy atom. The van der Waals surface area contributed by atoms with Crippen LogP contribution in [0.4, 0.5) is 5.82 Å². The fourth-order valence-corrected chi connectivity index (χ4v) is 2.00. The number of halogens is 1. The van der Waals surface area contributed by atoms with Crippen LogP contribution in [0.15, 0.2) is 4.47 Å². The van der Waals surface area contributed by atoms with Crippen LogP contribution in [0.25, 0.3) is 0 Å². The molecule has 1 aromatic heterocycles. The van der Waals surface area contributed by atoms with Gasteiger partial charge in [-0.25, -0.2) is 9.97 Å². The number of nitrogens with zero attached hydrogens (tertiary/aromatic N) is 3. The van der Waals surface area contributed by atoms with Crippen LogP contribution in [0.5, 0.6) is 0 Å². The van der Waals surface area contributed by atoms with Gasteiger partial charge < -0.3 is 15.0 Å². The Balaban J connectivity index is 2.93. The molecule has 0 amide bonds. The van der Waals surface area contributed by atoms with Crippen LogP contribution < -0.4 is 5.32 Å². The second-order valence-electron chi connectivity index (χ2n) is 4.66. The molecule has 0 aromatic carbocycles. The molecule has 1 heterocycles. The normalized spacial score (nSPS) is 11.1. The molecule has 1 N–H and O–H groups in total. The highest BCUT2D eigenvalue weighted by molar-refractivity contribution is 9.10. The summed E-state index contributed by atoms with van der Waals surface area (Å²) in [4.78, 5) is 11.3. The van der Waals surface area contributed by atoms with Gasteiger partial charge in [0.2, 0.25) is 0 Å². The van der Waals surface area contributed by atoms with Crippen molar-refractivity contribution < 1.29 is 4.74 Å². The Kier molecular flexibility index (Phi) is 7.27. The van der Waals surface area contributed by atoms with Crippen molar-refractivity contribution in [2.24, 2.45) is 0 Å². The number of aromatic nitrogens is 2. The maximum atomic E-state index is 5.19. The van der Waals surface area contributed by atoms with Gasteiger partial charge in [-0.15, -0.1) is 0 Å². The van der Waals surface area contributed by atoms with Gasteiger partial charge in [0.05, 0.1) is 16.8 Å². The maximum absolute atomic E-state index is 5.19. The Morgan fingerprint density at radius 1 is 1.32 bits per heavy atom. The lowest BCUT2D eigenvalue weighted by molar-refractivity contribution is 0.180. The zero-order valence-electron chi connectivity index (χ0n) is 12.2. The highest BCUT2D eigenvalue weighted by Gasteiger charge is 2.12. The van der Waals surface area contributed by atoms with Crippen molar-refractivity contribution in [2.45, 2.75) is 26.4 Å². The number of hydrogen-bond donors (Lipinski definition) is 1. The van der Waals surface area contributed by atoms with Crippen LogP contribution in [0.2, 0.25) is 0 Å². The highest BCUT2D eigenvalue weighted by Crippen LogP contribution is 2.24. The number of anilines is 1. The van der Waals surface area contributed by atoms with Gasteiger partial charge in [0, 0.05) is 26.6 Å². The van der Waals surface area contributed by atoms with Crippen molar-refractivity contribution in [2.75, 3.05) is 39.6 Å². The quantitative estimate of drug-likeness (QED) is 0.792. The summed E-state index contributed by atoms with van der Waals surface area (Å²) in [5, 5.41) is 3.32. The Bertz CT molecular complexity index is 398. The monoisotopic (exact) mass is 330 g/mol. The minimum Gasteiger partial charge on any atom is -0.378 e. The van der Waals surface area contributed by atoms with Gasteiger partial charge in [-0.2, -0.15) is 0 Å². The average Bonchev–Trinajstić information content (AvgIpc) is 2.38. The van der Waals surface area contributed by atoms with E-state index >= 15 is 0 Å². The molecule has 0 saturated carbocycles. The maximum Gasteiger partial charge on any atom is 0.144 e. The molecule has 0 atom stereocenters. The molecule has 6 heteroatoms. The van der Waals surface area contributed by atoms with Crippen molar-refractivity contribution in [3.05, 3.63) is 16.0 Å². The van der Waals surface area contributed by atoms with Crippen LogP contribution in [0.1, 0.15) is 24.9 Å². The van der Waals surface area contributed by atoms with Crippen molar-refractivity contribution in [3.63, 3.8) is 0 Å². The summed E-state index contributed by atoms with van der Waals surface area (Å²) >= 11 is 3.55. The number of ether oxygens (including phenoxy) is 1. The van der Waals surface area contributed by atoms with E-state index in [4.69, 9.17) is 4.74 Å². The first kappa shape index (κ1) is 16.3. The first-order valence-electron chi connectivity index (χ1n) is 6.51. The largest absolute Gasteiger partial charge is 0.378 e. The molecule has 0 spiro atoms. The van der Waals surface area contributed by atoms with Crippen LogP contribution in [-0.2, 0) is 17.8 Å². The predicted octanol–water partition coefficient (Wildman–Crippen LogP) is 2.31. The number of rotatable bonds is 8. The van der Waals surface area contributed by atoms with Crippen molar-refractivity contribution >= 4 is 21.7 Å². The molecule has 1 aromatic rings. The third-order valence-corrected chi connectivity index (χ3v) is 3.41. The van der Waals surface area contributed by atoms with Crippen LogP contribution in [0.3, 0.4) is 0 Å². The first-order chi connectivity index (χ1) is 9.08. The van der Waals surface area contributed by atoms with Gasteiger partial charge in [-0.1, -0.05) is 6.92 Å². The molecule has 0 aliphatic heterocycles. The Morgan fingerprint density at radius 3 is 2.63 bits per heavy atom. The average molecular weight is 331 g/mol. The number of likely N-dealkylation sites (N-methyl/N-ethyl adjacent to an activating group) is 1. The lowest BCUT2D eigenvalue weighted by atomic mass is 10.3. The SMILES string of the molecule is CCCNc1nc(CCN(C)C)nc(COC)c1Br. The van der Waals surface area contributed by atoms with Crippen LogP contribution in [0, 0.1) is 0 Å². The lowest BCUT2D eigenvalue weighted by Gasteiger charge is -2.14. The summed E-state index contributed by atoms with van der Waals surface area (Å²) in [5.74, 6) is 1.71. The number of nitrogens with one attached hydrogen (secondary N) is 1. The van der Waals surface area contributed by atoms with E-state index in [9.17, 15) is 0 Å². The van der Waals surface area contributed by atoms with Crippen LogP contribution >= 0.6 is 15.9 Å². The molecule has 19 heavy (non-hydrogen) atoms. The fraction of sp³-hybridized carbons (Fsp3) is 0.692. The molecule has 108 valence electrons. The smallest absolute Gasteiger partial charge is 0.144 e. The van der Waals surface area contributed by atoms with E-state index in [1.165, 1.54) is 0 Å². The summed E-state index contributed by atoms with van der Waals surface area (Å²) < 4.78 is 6.09. The van der Waals surface area contributed by atoms with Crippen molar-refractivity contribution in [3.8, 4) is 0 Å². The van der Waals surface area contributed by atoms with Gasteiger partial charge in [-0.3, -0.25) is 0 Å².